The zero-order chi connectivity index (χ0) is 55.4. The fraction of sp³-hybridized carbons (Fsp3) is 0.446. The highest BCUT2D eigenvalue weighted by molar-refractivity contribution is 7.13. The van der Waals surface area contributed by atoms with Gasteiger partial charge in [-0.3, -0.25) is 29.4 Å². The van der Waals surface area contributed by atoms with Gasteiger partial charge in [-0.25, -0.2) is 9.37 Å². The first-order valence-corrected chi connectivity index (χ1v) is 27.1. The monoisotopic (exact) mass is 1090 g/mol. The first kappa shape index (κ1) is 56.6. The van der Waals surface area contributed by atoms with E-state index in [1.807, 2.05) is 74.5 Å². The van der Waals surface area contributed by atoms with Crippen LogP contribution < -0.4 is 41.1 Å². The van der Waals surface area contributed by atoms with Crippen LogP contribution in [0, 0.1) is 19.3 Å². The second-order valence-corrected chi connectivity index (χ2v) is 21.7. The molecule has 2 saturated heterocycles. The summed E-state index contributed by atoms with van der Waals surface area (Å²) >= 11 is 1.44. The van der Waals surface area contributed by atoms with Crippen molar-refractivity contribution in [2.24, 2.45) is 10.5 Å². The van der Waals surface area contributed by atoms with E-state index in [0.717, 1.165) is 32.8 Å². The van der Waals surface area contributed by atoms with E-state index in [1.54, 1.807) is 44.6 Å². The second kappa shape index (κ2) is 25.7. The summed E-state index contributed by atoms with van der Waals surface area (Å²) < 4.78 is 32.3. The molecule has 2 aromatic heterocycles. The van der Waals surface area contributed by atoms with Crippen molar-refractivity contribution in [2.75, 3.05) is 68.2 Å². The number of benzene rings is 3. The number of aliphatic hydroxyl groups excluding tert-OH is 1. The van der Waals surface area contributed by atoms with Gasteiger partial charge in [-0.05, 0) is 73.4 Å². The molecule has 0 radical (unpaired) electrons. The molecule has 1 saturated carbocycles. The van der Waals surface area contributed by atoms with Gasteiger partial charge < -0.3 is 50.4 Å². The number of thiazole rings is 1. The van der Waals surface area contributed by atoms with Gasteiger partial charge in [0, 0.05) is 69.3 Å². The fourth-order valence-electron chi connectivity index (χ4n) is 8.89. The number of nitrogens with zero attached hydrogens (tertiary/aromatic N) is 6. The number of nitrogens with one attached hydrogen (secondary N) is 5. The Morgan fingerprint density at radius 2 is 1.76 bits per heavy atom. The summed E-state index contributed by atoms with van der Waals surface area (Å²) in [6.07, 6.45) is 1.94. The molecule has 0 spiro atoms. The summed E-state index contributed by atoms with van der Waals surface area (Å²) in [4.78, 5) is 84.3. The van der Waals surface area contributed by atoms with Crippen molar-refractivity contribution in [3.05, 3.63) is 106 Å². The number of aryl methyl sites for hydroxylation is 2. The smallest absolute Gasteiger partial charge is 0.320 e. The number of β-amino-alcohol motifs (C(OH)–C–C–N with tert-alkyl or cyclic N) is 1. The fourth-order valence-corrected chi connectivity index (χ4v) is 9.70. The Balaban J connectivity index is 0.788. The summed E-state index contributed by atoms with van der Waals surface area (Å²) in [6, 6.07) is 20.7. The lowest BCUT2D eigenvalue weighted by Gasteiger charge is -2.35. The number of rotatable bonds is 23. The average Bonchev–Trinajstić information content (AvgIpc) is 3.84. The Morgan fingerprint density at radius 3 is 2.47 bits per heavy atom. The standard InChI is InChI=1S/C56H68FN11O9S/c1-35-8-6-9-38(26-35)30-61-66-45-29-46(67-21-24-75-25-22-67)64-54(63-45)76-23-17-37-11-15-41(16-12-37)62-47(70)10-7-20-58-48(71)33-77-44-27-39(49-36(2)60-34-78-49)13-14-40(44)31-59-51(72)43-28-42(69)32-68(43)52(73)50(55(3,4)5)65-53(74)56(57)18-19-56/h6,8-9,11-16,26-27,29-30,34,42-43,50,69H,7,10,17-25,28,31-33H2,1-5H3,(H,58,71)(H,59,72)(H,62,70)(H,65,74)(H,63,64,66)/b61-30+/t42-,43+,50-/m1/s1. The van der Waals surface area contributed by atoms with Gasteiger partial charge in [0.2, 0.25) is 17.7 Å². The number of hydrogen-bond donors (Lipinski definition) is 6. The van der Waals surface area contributed by atoms with Crippen molar-refractivity contribution in [1.29, 1.82) is 0 Å². The second-order valence-electron chi connectivity index (χ2n) is 20.8. The Bertz CT molecular complexity index is 2960. The van der Waals surface area contributed by atoms with Crippen molar-refractivity contribution in [2.45, 2.75) is 104 Å². The molecule has 22 heteroatoms. The normalized spacial score (nSPS) is 17.3. The van der Waals surface area contributed by atoms with Crippen LogP contribution in [-0.4, -0.2) is 137 Å². The van der Waals surface area contributed by atoms with Crippen molar-refractivity contribution in [3.8, 4) is 22.2 Å². The maximum Gasteiger partial charge on any atom is 0.320 e. The zero-order valence-electron chi connectivity index (χ0n) is 44.6. The molecule has 0 bridgehead atoms. The van der Waals surface area contributed by atoms with Crippen molar-refractivity contribution in [3.63, 3.8) is 0 Å². The molecule has 3 aliphatic rings. The number of anilines is 3. The lowest BCUT2D eigenvalue weighted by Crippen LogP contribution is -2.59. The third-order valence-corrected chi connectivity index (χ3v) is 14.4. The van der Waals surface area contributed by atoms with Crippen LogP contribution in [0.3, 0.4) is 0 Å². The number of aromatic nitrogens is 3. The minimum atomic E-state index is -2.00. The lowest BCUT2D eigenvalue weighted by molar-refractivity contribution is -0.145. The average molecular weight is 1090 g/mol. The first-order chi connectivity index (χ1) is 37.4. The van der Waals surface area contributed by atoms with Gasteiger partial charge >= 0.3 is 6.01 Å². The molecule has 6 N–H and O–H groups in total. The summed E-state index contributed by atoms with van der Waals surface area (Å²) in [7, 11) is 0. The molecule has 2 aliphatic heterocycles. The molecule has 5 amide bonds. The van der Waals surface area contributed by atoms with Crippen LogP contribution in [0.25, 0.3) is 10.4 Å². The highest BCUT2D eigenvalue weighted by Gasteiger charge is 2.53. The Labute approximate surface area is 456 Å². The molecule has 78 heavy (non-hydrogen) atoms. The number of morpholine rings is 1. The molecular weight excluding hydrogens is 1020 g/mol. The van der Waals surface area contributed by atoms with Gasteiger partial charge in [0.15, 0.2) is 18.1 Å². The molecule has 1 aliphatic carbocycles. The van der Waals surface area contributed by atoms with Crippen LogP contribution >= 0.6 is 11.3 Å². The predicted octanol–water partition coefficient (Wildman–Crippen LogP) is 5.65. The van der Waals surface area contributed by atoms with Crippen molar-refractivity contribution < 1.29 is 47.7 Å². The molecule has 4 heterocycles. The lowest BCUT2D eigenvalue weighted by atomic mass is 9.85. The van der Waals surface area contributed by atoms with E-state index >= 15 is 0 Å². The van der Waals surface area contributed by atoms with E-state index in [-0.39, 0.29) is 63.8 Å². The predicted molar refractivity (Wildman–Crippen MR) is 294 cm³/mol. The number of ether oxygens (including phenoxy) is 3. The van der Waals surface area contributed by atoms with E-state index in [0.29, 0.717) is 74.4 Å². The quantitative estimate of drug-likeness (QED) is 0.0263. The Kier molecular flexibility index (Phi) is 18.7. The SMILES string of the molecule is Cc1cccc(/C=N/Nc2cc(N3CCOCC3)nc(OCCc3ccc(NC(=O)CCCNC(=O)COc4cc(-c5scnc5C)ccc4CNC(=O)[C@@H]4C[C@@H](O)CN4C(=O)[C@@H](NC(=O)C4(F)CC4)C(C)(C)C)cc3)n2)c1. The molecule has 3 aromatic carbocycles. The van der Waals surface area contributed by atoms with E-state index < -0.39 is 52.9 Å². The van der Waals surface area contributed by atoms with E-state index in [4.69, 9.17) is 14.2 Å². The number of hydrogen-bond acceptors (Lipinski definition) is 16. The number of hydrazone groups is 1. The minimum absolute atomic E-state index is 0.0362. The van der Waals surface area contributed by atoms with E-state index in [1.165, 1.54) is 16.2 Å². The van der Waals surface area contributed by atoms with Crippen LogP contribution in [-0.2, 0) is 41.7 Å². The van der Waals surface area contributed by atoms with E-state index in [2.05, 4.69) is 51.6 Å². The van der Waals surface area contributed by atoms with E-state index in [9.17, 15) is 33.5 Å². The first-order valence-electron chi connectivity index (χ1n) is 26.2. The van der Waals surface area contributed by atoms with Gasteiger partial charge in [-0.1, -0.05) is 74.9 Å². The molecule has 3 fully saturated rings. The van der Waals surface area contributed by atoms with Crippen molar-refractivity contribution in [1.82, 2.24) is 35.8 Å². The number of carbonyl (C=O) groups excluding carboxylic acids is 5. The van der Waals surface area contributed by atoms with Crippen LogP contribution in [0.2, 0.25) is 0 Å². The largest absolute Gasteiger partial charge is 0.483 e. The summed E-state index contributed by atoms with van der Waals surface area (Å²) in [5, 5.41) is 26.2. The van der Waals surface area contributed by atoms with Gasteiger partial charge in [-0.2, -0.15) is 15.1 Å². The third-order valence-electron chi connectivity index (χ3n) is 13.5. The summed E-state index contributed by atoms with van der Waals surface area (Å²) in [5.74, 6) is -1.10. The van der Waals surface area contributed by atoms with Crippen LogP contribution in [0.1, 0.15) is 80.8 Å². The number of alkyl halides is 1. The molecule has 3 atom stereocenters. The number of likely N-dealkylation sites (tertiary alicyclic amines) is 1. The number of aliphatic hydroxyl groups is 1. The third kappa shape index (κ3) is 15.6. The molecule has 5 aromatic rings. The molecule has 8 rings (SSSR count). The van der Waals surface area contributed by atoms with Gasteiger partial charge in [0.05, 0.1) is 48.2 Å². The van der Waals surface area contributed by atoms with Gasteiger partial charge in [-0.15, -0.1) is 11.3 Å². The van der Waals surface area contributed by atoms with Crippen LogP contribution in [0.4, 0.5) is 21.7 Å². The number of amides is 5. The molecule has 414 valence electrons. The molecule has 20 nitrogen and oxygen atoms in total. The van der Waals surface area contributed by atoms with Crippen molar-refractivity contribution >= 4 is 64.4 Å². The minimum Gasteiger partial charge on any atom is -0.483 e. The highest BCUT2D eigenvalue weighted by Crippen LogP contribution is 2.41. The highest BCUT2D eigenvalue weighted by atomic mass is 32.1. The number of halogens is 1. The summed E-state index contributed by atoms with van der Waals surface area (Å²) in [6.45, 7) is 11.7. The Morgan fingerprint density at radius 1 is 0.974 bits per heavy atom. The summed E-state index contributed by atoms with van der Waals surface area (Å²) in [5.41, 5.74) is 7.75. The maximum atomic E-state index is 14.7. The van der Waals surface area contributed by atoms with Gasteiger partial charge in [0.1, 0.15) is 23.7 Å². The van der Waals surface area contributed by atoms with Gasteiger partial charge in [0.25, 0.3) is 11.8 Å². The van der Waals surface area contributed by atoms with Crippen LogP contribution in [0.5, 0.6) is 11.8 Å². The molecular formula is C56H68FN11O9S. The van der Waals surface area contributed by atoms with Crippen LogP contribution in [0.15, 0.2) is 83.4 Å². The molecule has 0 unspecified atom stereocenters. The Hall–Kier alpha value is -7.56. The maximum absolute atomic E-state index is 14.7. The zero-order valence-corrected chi connectivity index (χ0v) is 45.4. The number of carbonyl (C=O) groups is 5. The topological polar surface area (TPSA) is 251 Å².